The van der Waals surface area contributed by atoms with Gasteiger partial charge in [0, 0.05) is 24.1 Å². The van der Waals surface area contributed by atoms with Gasteiger partial charge in [-0.15, -0.1) is 13.2 Å². The number of nitrogens with one attached hydrogen (secondary N) is 2. The van der Waals surface area contributed by atoms with Gasteiger partial charge in [-0.25, -0.2) is 0 Å². The molecular weight excluding hydrogens is 483 g/mol. The molecule has 1 atom stereocenters. The second-order valence-corrected chi connectivity index (χ2v) is 10.3. The van der Waals surface area contributed by atoms with E-state index in [2.05, 4.69) is 15.4 Å². The van der Waals surface area contributed by atoms with E-state index >= 15 is 0 Å². The molecule has 6 nitrogen and oxygen atoms in total. The minimum absolute atomic E-state index is 0.0684. The molecule has 2 aromatic carbocycles. The van der Waals surface area contributed by atoms with E-state index in [1.165, 1.54) is 18.2 Å². The number of halogens is 3. The van der Waals surface area contributed by atoms with Crippen LogP contribution in [0.3, 0.4) is 0 Å². The van der Waals surface area contributed by atoms with Gasteiger partial charge in [-0.3, -0.25) is 9.59 Å². The first-order valence-corrected chi connectivity index (χ1v) is 12.1. The van der Waals surface area contributed by atoms with Gasteiger partial charge in [0.25, 0.3) is 5.91 Å². The third kappa shape index (κ3) is 5.98. The number of hydrogen-bond acceptors (Lipinski definition) is 3. The maximum Gasteiger partial charge on any atom is 0.573 e. The fourth-order valence-electron chi connectivity index (χ4n) is 4.49. The molecule has 1 aliphatic rings. The zero-order chi connectivity index (χ0) is 27.0. The van der Waals surface area contributed by atoms with Crippen molar-refractivity contribution in [3.63, 3.8) is 0 Å². The molecule has 2 N–H and O–H groups in total. The van der Waals surface area contributed by atoms with Crippen LogP contribution in [0.4, 0.5) is 13.2 Å². The summed E-state index contributed by atoms with van der Waals surface area (Å²) in [5.74, 6) is -0.672. The van der Waals surface area contributed by atoms with Crippen molar-refractivity contribution in [2.45, 2.75) is 46.5 Å². The first-order valence-electron chi connectivity index (χ1n) is 12.1. The summed E-state index contributed by atoms with van der Waals surface area (Å²) in [6.45, 7) is 8.24. The number of benzene rings is 2. The fourth-order valence-corrected chi connectivity index (χ4v) is 4.49. The van der Waals surface area contributed by atoms with Crippen molar-refractivity contribution in [2.24, 2.45) is 5.41 Å². The number of ether oxygens (including phenoxy) is 1. The Labute approximate surface area is 213 Å². The van der Waals surface area contributed by atoms with Crippen molar-refractivity contribution in [2.75, 3.05) is 13.1 Å². The molecule has 1 aliphatic heterocycles. The van der Waals surface area contributed by atoms with Gasteiger partial charge < -0.3 is 19.9 Å². The van der Waals surface area contributed by atoms with Crippen molar-refractivity contribution in [1.29, 1.82) is 0 Å². The summed E-state index contributed by atoms with van der Waals surface area (Å²) in [5.41, 5.74) is 3.56. The van der Waals surface area contributed by atoms with Gasteiger partial charge in [0.1, 0.15) is 11.4 Å². The van der Waals surface area contributed by atoms with Gasteiger partial charge in [0.15, 0.2) is 0 Å². The normalized spacial score (nSPS) is 15.6. The average Bonchev–Trinajstić information content (AvgIpc) is 3.21. The van der Waals surface area contributed by atoms with Gasteiger partial charge in [0.2, 0.25) is 5.91 Å². The largest absolute Gasteiger partial charge is 0.573 e. The number of carbonyl (C=O) groups excluding carboxylic acids is 2. The summed E-state index contributed by atoms with van der Waals surface area (Å²) in [4.78, 5) is 25.3. The summed E-state index contributed by atoms with van der Waals surface area (Å²) in [7, 11) is 0. The highest BCUT2D eigenvalue weighted by Crippen LogP contribution is 2.40. The first kappa shape index (κ1) is 26.3. The van der Waals surface area contributed by atoms with E-state index in [0.29, 0.717) is 36.3 Å². The average molecular weight is 514 g/mol. The molecule has 0 spiro atoms. The Balaban J connectivity index is 1.80. The second-order valence-electron chi connectivity index (χ2n) is 10.3. The fraction of sp³-hybridized carbons (Fsp3) is 0.357. The first-order chi connectivity index (χ1) is 17.3. The number of aryl methyl sites for hydroxylation is 1. The molecule has 1 unspecified atom stereocenters. The Morgan fingerprint density at radius 1 is 1.08 bits per heavy atom. The Bertz CT molecular complexity index is 1320. The summed E-state index contributed by atoms with van der Waals surface area (Å²) in [5, 5.41) is 5.87. The number of nitrogens with zero attached hydrogens (tertiary/aromatic N) is 1. The van der Waals surface area contributed by atoms with E-state index < -0.39 is 11.8 Å². The molecule has 196 valence electrons. The highest BCUT2D eigenvalue weighted by molar-refractivity contribution is 5.98. The van der Waals surface area contributed by atoms with Crippen LogP contribution in [0, 0.1) is 12.3 Å². The monoisotopic (exact) mass is 513 g/mol. The maximum atomic E-state index is 12.9. The van der Waals surface area contributed by atoms with Gasteiger partial charge in [-0.2, -0.15) is 0 Å². The predicted octanol–water partition coefficient (Wildman–Crippen LogP) is 5.87. The molecule has 2 amide bonds. The molecular formula is C28H30F3N3O3. The molecule has 0 aliphatic carbocycles. The highest BCUT2D eigenvalue weighted by Gasteiger charge is 2.33. The van der Waals surface area contributed by atoms with Crippen LogP contribution < -0.4 is 15.4 Å². The quantitative estimate of drug-likeness (QED) is 0.433. The van der Waals surface area contributed by atoms with E-state index in [-0.39, 0.29) is 23.6 Å². The highest BCUT2D eigenvalue weighted by atomic mass is 19.4. The molecule has 0 radical (unpaired) electrons. The van der Waals surface area contributed by atoms with E-state index in [1.807, 2.05) is 56.5 Å². The molecule has 3 aromatic rings. The van der Waals surface area contributed by atoms with E-state index in [1.54, 1.807) is 12.1 Å². The topological polar surface area (TPSA) is 72.4 Å². The third-order valence-corrected chi connectivity index (χ3v) is 6.25. The number of aromatic nitrogens is 1. The van der Waals surface area contributed by atoms with Crippen molar-refractivity contribution < 1.29 is 27.5 Å². The van der Waals surface area contributed by atoms with Crippen LogP contribution in [0.15, 0.2) is 54.6 Å². The molecule has 9 heteroatoms. The van der Waals surface area contributed by atoms with Crippen molar-refractivity contribution >= 4 is 11.8 Å². The van der Waals surface area contributed by atoms with E-state index in [4.69, 9.17) is 0 Å². The van der Waals surface area contributed by atoms with E-state index in [0.717, 1.165) is 16.8 Å². The molecule has 4 rings (SSSR count). The van der Waals surface area contributed by atoms with Crippen molar-refractivity contribution in [3.8, 4) is 28.1 Å². The number of alkyl halides is 3. The summed E-state index contributed by atoms with van der Waals surface area (Å²) >= 11 is 0. The Kier molecular flexibility index (Phi) is 7.08. The van der Waals surface area contributed by atoms with Gasteiger partial charge >= 0.3 is 6.36 Å². The number of rotatable bonds is 6. The summed E-state index contributed by atoms with van der Waals surface area (Å²) in [6.07, 6.45) is -4.26. The van der Waals surface area contributed by atoms with Crippen LogP contribution >= 0.6 is 0 Å². The lowest BCUT2D eigenvalue weighted by Gasteiger charge is -2.29. The van der Waals surface area contributed by atoms with Crippen LogP contribution in [-0.4, -0.2) is 35.8 Å². The predicted molar refractivity (Wildman–Crippen MR) is 135 cm³/mol. The van der Waals surface area contributed by atoms with E-state index in [9.17, 15) is 22.8 Å². The van der Waals surface area contributed by atoms with Crippen LogP contribution in [0.2, 0.25) is 0 Å². The molecule has 0 bridgehead atoms. The number of carbonyl (C=O) groups is 2. The Hall–Kier alpha value is -3.75. The lowest BCUT2D eigenvalue weighted by molar-refractivity contribution is -0.274. The second kappa shape index (κ2) is 9.95. The Morgan fingerprint density at radius 2 is 1.78 bits per heavy atom. The van der Waals surface area contributed by atoms with Gasteiger partial charge in [-0.1, -0.05) is 56.7 Å². The SMILES string of the molecule is Cc1cccc(-c2c(-c3cccc(OC(F)(F)F)c3)cc3n2C(CCNC(=O)C(C)(C)C)CNC3=O)c1. The minimum Gasteiger partial charge on any atom is -0.406 e. The van der Waals surface area contributed by atoms with Crippen LogP contribution in [0.1, 0.15) is 49.3 Å². The Morgan fingerprint density at radius 3 is 2.46 bits per heavy atom. The van der Waals surface area contributed by atoms with Crippen LogP contribution in [0.5, 0.6) is 5.75 Å². The smallest absolute Gasteiger partial charge is 0.406 e. The third-order valence-electron chi connectivity index (χ3n) is 6.25. The van der Waals surface area contributed by atoms with Gasteiger partial charge in [0.05, 0.1) is 11.7 Å². The molecule has 2 heterocycles. The molecule has 1 aromatic heterocycles. The summed E-state index contributed by atoms with van der Waals surface area (Å²) in [6, 6.07) is 15.0. The lowest BCUT2D eigenvalue weighted by Crippen LogP contribution is -2.41. The zero-order valence-electron chi connectivity index (χ0n) is 21.2. The van der Waals surface area contributed by atoms with Crippen LogP contribution in [-0.2, 0) is 4.79 Å². The maximum absolute atomic E-state index is 12.9. The van der Waals surface area contributed by atoms with Crippen molar-refractivity contribution in [1.82, 2.24) is 15.2 Å². The molecule has 0 saturated carbocycles. The summed E-state index contributed by atoms with van der Waals surface area (Å²) < 4.78 is 44.8. The van der Waals surface area contributed by atoms with Crippen molar-refractivity contribution in [3.05, 3.63) is 65.9 Å². The van der Waals surface area contributed by atoms with Gasteiger partial charge in [-0.05, 0) is 48.7 Å². The lowest BCUT2D eigenvalue weighted by atomic mass is 9.95. The van der Waals surface area contributed by atoms with Crippen LogP contribution in [0.25, 0.3) is 22.4 Å². The number of hydrogen-bond donors (Lipinski definition) is 2. The molecule has 0 saturated heterocycles. The number of amides is 2. The number of fused-ring (bicyclic) bond motifs is 1. The standard InChI is InChI=1S/C28H30F3N3O3/c1-17-7-5-9-19(13-17)24-22(18-8-6-10-21(14-18)37-28(29,30)31)15-23-25(35)33-16-20(34(23)24)11-12-32-26(36)27(2,3)4/h5-10,13-15,20H,11-12,16H2,1-4H3,(H,32,36)(H,33,35). The molecule has 37 heavy (non-hydrogen) atoms. The minimum atomic E-state index is -4.82. The zero-order valence-corrected chi connectivity index (χ0v) is 21.2. The molecule has 0 fully saturated rings.